The predicted octanol–water partition coefficient (Wildman–Crippen LogP) is 1.86. The fraction of sp³-hybridized carbons (Fsp3) is 0.800. The van der Waals surface area contributed by atoms with Gasteiger partial charge < -0.3 is 5.11 Å². The molecule has 74 valence electrons. The van der Waals surface area contributed by atoms with Gasteiger partial charge in [-0.15, -0.1) is 0 Å². The van der Waals surface area contributed by atoms with Gasteiger partial charge in [0.15, 0.2) is 0 Å². The molecule has 0 heterocycles. The number of aliphatic carboxylic acids is 1. The molecule has 0 bridgehead atoms. The Morgan fingerprint density at radius 3 is 2.54 bits per heavy atom. The summed E-state index contributed by atoms with van der Waals surface area (Å²) in [5.74, 6) is -0.740. The zero-order chi connectivity index (χ0) is 10.1. The highest BCUT2D eigenvalue weighted by atomic mass is 16.4. The van der Waals surface area contributed by atoms with Crippen LogP contribution in [0.25, 0.3) is 0 Å². The summed E-state index contributed by atoms with van der Waals surface area (Å²) in [4.78, 5) is 22.5. The van der Waals surface area contributed by atoms with Gasteiger partial charge in [0.05, 0.1) is 0 Å². The summed E-state index contributed by atoms with van der Waals surface area (Å²) in [5, 5.41) is 9.06. The number of hydrogen-bond acceptors (Lipinski definition) is 2. The quantitative estimate of drug-likeness (QED) is 0.681. The van der Waals surface area contributed by atoms with E-state index in [9.17, 15) is 9.59 Å². The number of ketones is 1. The maximum atomic E-state index is 11.5. The Balaban J connectivity index is 2.87. The third-order valence-electron chi connectivity index (χ3n) is 2.71. The second-order valence-electron chi connectivity index (χ2n) is 4.26. The Kier molecular flexibility index (Phi) is 2.74. The van der Waals surface area contributed by atoms with Crippen LogP contribution in [0.15, 0.2) is 0 Å². The van der Waals surface area contributed by atoms with E-state index in [1.165, 1.54) is 0 Å². The lowest BCUT2D eigenvalue weighted by atomic mass is 9.78. The zero-order valence-corrected chi connectivity index (χ0v) is 8.17. The van der Waals surface area contributed by atoms with Crippen molar-refractivity contribution >= 4 is 11.8 Å². The van der Waals surface area contributed by atoms with Crippen molar-refractivity contribution in [2.75, 3.05) is 0 Å². The normalized spacial score (nSPS) is 28.4. The molecule has 13 heavy (non-hydrogen) atoms. The fourth-order valence-corrected chi connectivity index (χ4v) is 2.16. The van der Waals surface area contributed by atoms with Crippen LogP contribution in [0.5, 0.6) is 0 Å². The Morgan fingerprint density at radius 2 is 2.23 bits per heavy atom. The van der Waals surface area contributed by atoms with Crippen LogP contribution in [0.2, 0.25) is 0 Å². The average molecular weight is 184 g/mol. The second-order valence-corrected chi connectivity index (χ2v) is 4.26. The van der Waals surface area contributed by atoms with Gasteiger partial charge in [-0.3, -0.25) is 9.59 Å². The summed E-state index contributed by atoms with van der Waals surface area (Å²) in [5.41, 5.74) is -1.05. The molecule has 1 saturated carbocycles. The van der Waals surface area contributed by atoms with E-state index in [0.717, 1.165) is 6.42 Å². The van der Waals surface area contributed by atoms with Gasteiger partial charge in [0.1, 0.15) is 11.2 Å². The number of hydrogen-bond donors (Lipinski definition) is 1. The molecular weight excluding hydrogens is 168 g/mol. The van der Waals surface area contributed by atoms with Crippen LogP contribution in [0.3, 0.4) is 0 Å². The lowest BCUT2D eigenvalue weighted by Crippen LogP contribution is -2.36. The first kappa shape index (κ1) is 10.2. The molecule has 1 N–H and O–H groups in total. The Morgan fingerprint density at radius 1 is 1.62 bits per heavy atom. The van der Waals surface area contributed by atoms with Crippen molar-refractivity contribution in [2.45, 2.75) is 39.5 Å². The summed E-state index contributed by atoms with van der Waals surface area (Å²) >= 11 is 0. The van der Waals surface area contributed by atoms with Crippen LogP contribution in [-0.2, 0) is 9.59 Å². The van der Waals surface area contributed by atoms with Gasteiger partial charge in [0.25, 0.3) is 0 Å². The van der Waals surface area contributed by atoms with Crippen molar-refractivity contribution in [3.05, 3.63) is 0 Å². The number of carbonyl (C=O) groups is 2. The van der Waals surface area contributed by atoms with E-state index in [-0.39, 0.29) is 11.7 Å². The number of carboxylic acid groups (broad SMARTS) is 1. The Bertz CT molecular complexity index is 232. The number of carbonyl (C=O) groups excluding carboxylic acids is 1. The molecule has 1 aliphatic rings. The molecule has 1 fully saturated rings. The van der Waals surface area contributed by atoms with Crippen molar-refractivity contribution in [1.82, 2.24) is 0 Å². The molecule has 3 heteroatoms. The first-order chi connectivity index (χ1) is 5.99. The monoisotopic (exact) mass is 184 g/mol. The predicted molar refractivity (Wildman–Crippen MR) is 48.4 cm³/mol. The molecule has 0 spiro atoms. The molecule has 3 nitrogen and oxygen atoms in total. The highest BCUT2D eigenvalue weighted by molar-refractivity contribution is 6.04. The van der Waals surface area contributed by atoms with Gasteiger partial charge in [-0.05, 0) is 25.2 Å². The van der Waals surface area contributed by atoms with Crippen molar-refractivity contribution in [3.63, 3.8) is 0 Å². The number of carboxylic acids is 1. The maximum absolute atomic E-state index is 11.5. The summed E-state index contributed by atoms with van der Waals surface area (Å²) in [7, 11) is 0. The molecule has 0 aromatic carbocycles. The van der Waals surface area contributed by atoms with Gasteiger partial charge in [-0.1, -0.05) is 13.8 Å². The smallest absolute Gasteiger partial charge is 0.317 e. The highest BCUT2D eigenvalue weighted by Gasteiger charge is 2.48. The van der Waals surface area contributed by atoms with E-state index < -0.39 is 11.4 Å². The third-order valence-corrected chi connectivity index (χ3v) is 2.71. The number of Topliss-reactive ketones (excluding diaryl/α,β-unsaturated/α-hetero) is 1. The van der Waals surface area contributed by atoms with Crippen LogP contribution in [-0.4, -0.2) is 16.9 Å². The maximum Gasteiger partial charge on any atom is 0.317 e. The summed E-state index contributed by atoms with van der Waals surface area (Å²) < 4.78 is 0. The second kappa shape index (κ2) is 3.48. The lowest BCUT2D eigenvalue weighted by Gasteiger charge is -2.23. The van der Waals surface area contributed by atoms with E-state index >= 15 is 0 Å². The van der Waals surface area contributed by atoms with Crippen molar-refractivity contribution in [2.24, 2.45) is 11.3 Å². The first-order valence-electron chi connectivity index (χ1n) is 4.76. The molecule has 0 aromatic rings. The largest absolute Gasteiger partial charge is 0.480 e. The van der Waals surface area contributed by atoms with Gasteiger partial charge >= 0.3 is 5.97 Å². The van der Waals surface area contributed by atoms with Crippen LogP contribution in [0, 0.1) is 11.3 Å². The first-order valence-corrected chi connectivity index (χ1v) is 4.76. The van der Waals surface area contributed by atoms with Gasteiger partial charge in [-0.25, -0.2) is 0 Å². The van der Waals surface area contributed by atoms with Crippen molar-refractivity contribution in [1.29, 1.82) is 0 Å². The van der Waals surface area contributed by atoms with Gasteiger partial charge in [0.2, 0.25) is 0 Å². The van der Waals surface area contributed by atoms with E-state index in [4.69, 9.17) is 5.11 Å². The number of rotatable bonds is 3. The molecule has 1 unspecified atom stereocenters. The molecule has 0 aromatic heterocycles. The highest BCUT2D eigenvalue weighted by Crippen LogP contribution is 2.40. The van der Waals surface area contributed by atoms with Crippen LogP contribution in [0.4, 0.5) is 0 Å². The summed E-state index contributed by atoms with van der Waals surface area (Å²) in [6.07, 6.45) is 2.19. The van der Waals surface area contributed by atoms with E-state index in [2.05, 4.69) is 0 Å². The topological polar surface area (TPSA) is 54.4 Å². The van der Waals surface area contributed by atoms with E-state index in [1.54, 1.807) is 0 Å². The summed E-state index contributed by atoms with van der Waals surface area (Å²) in [6.45, 7) is 3.91. The van der Waals surface area contributed by atoms with Crippen molar-refractivity contribution in [3.8, 4) is 0 Å². The van der Waals surface area contributed by atoms with Crippen LogP contribution in [0.1, 0.15) is 39.5 Å². The fourth-order valence-electron chi connectivity index (χ4n) is 2.16. The third kappa shape index (κ3) is 1.74. The van der Waals surface area contributed by atoms with Crippen molar-refractivity contribution < 1.29 is 14.7 Å². The SMILES string of the molecule is CC(C)CC1(C(=O)O)CCCC1=O. The standard InChI is InChI=1S/C10H16O3/c1-7(2)6-10(9(12)13)5-3-4-8(10)11/h7H,3-6H2,1-2H3,(H,12,13). The van der Waals surface area contributed by atoms with Gasteiger partial charge in [0, 0.05) is 6.42 Å². The molecular formula is C10H16O3. The average Bonchev–Trinajstić information content (AvgIpc) is 2.32. The van der Waals surface area contributed by atoms with E-state index in [1.807, 2.05) is 13.8 Å². The Hall–Kier alpha value is -0.860. The lowest BCUT2D eigenvalue weighted by molar-refractivity contribution is -0.154. The Labute approximate surface area is 78.1 Å². The minimum absolute atomic E-state index is 0.0753. The van der Waals surface area contributed by atoms with Crippen LogP contribution < -0.4 is 0 Å². The minimum Gasteiger partial charge on any atom is -0.480 e. The van der Waals surface area contributed by atoms with Crippen LogP contribution >= 0.6 is 0 Å². The van der Waals surface area contributed by atoms with Gasteiger partial charge in [-0.2, -0.15) is 0 Å². The zero-order valence-electron chi connectivity index (χ0n) is 8.17. The molecule has 0 saturated heterocycles. The van der Waals surface area contributed by atoms with E-state index in [0.29, 0.717) is 19.3 Å². The summed E-state index contributed by atoms with van der Waals surface area (Å²) in [6, 6.07) is 0. The molecule has 1 aliphatic carbocycles. The minimum atomic E-state index is -1.05. The molecule has 1 atom stereocenters. The molecule has 1 rings (SSSR count). The molecule has 0 aliphatic heterocycles. The molecule has 0 radical (unpaired) electrons. The molecule has 0 amide bonds.